The van der Waals surface area contributed by atoms with Gasteiger partial charge in [0.25, 0.3) is 0 Å². The van der Waals surface area contributed by atoms with Gasteiger partial charge in [0.1, 0.15) is 5.75 Å². The van der Waals surface area contributed by atoms with E-state index in [1.54, 1.807) is 0 Å². The van der Waals surface area contributed by atoms with E-state index >= 15 is 0 Å². The summed E-state index contributed by atoms with van der Waals surface area (Å²) in [4.78, 5) is 0. The predicted octanol–water partition coefficient (Wildman–Crippen LogP) is 3.87. The Bertz CT molecular complexity index is 564. The molecule has 0 amide bonds. The standard InChI is InChI=1S/C16H18ClNO/c17-15-7-8-16(14-6-2-1-5-13(14)15)19-11-12-4-3-9-18-10-12/h1-2,5-8,12,18H,3-4,9-11H2/t12-/m1/s1. The van der Waals surface area contributed by atoms with Crippen LogP contribution in [0.3, 0.4) is 0 Å². The number of benzene rings is 2. The molecule has 100 valence electrons. The topological polar surface area (TPSA) is 21.3 Å². The molecule has 1 saturated heterocycles. The maximum absolute atomic E-state index is 6.21. The second kappa shape index (κ2) is 5.81. The van der Waals surface area contributed by atoms with Gasteiger partial charge in [-0.05, 0) is 31.5 Å². The van der Waals surface area contributed by atoms with Gasteiger partial charge < -0.3 is 10.1 Å². The average Bonchev–Trinajstić information content (AvgIpc) is 2.48. The highest BCUT2D eigenvalue weighted by Crippen LogP contribution is 2.31. The summed E-state index contributed by atoms with van der Waals surface area (Å²) in [6.07, 6.45) is 2.49. The molecule has 0 saturated carbocycles. The highest BCUT2D eigenvalue weighted by Gasteiger charge is 2.14. The average molecular weight is 276 g/mol. The first-order valence-electron chi connectivity index (χ1n) is 6.85. The van der Waals surface area contributed by atoms with Crippen molar-refractivity contribution in [3.05, 3.63) is 41.4 Å². The molecule has 2 nitrogen and oxygen atoms in total. The summed E-state index contributed by atoms with van der Waals surface area (Å²) < 4.78 is 6.02. The molecule has 3 heteroatoms. The lowest BCUT2D eigenvalue weighted by Crippen LogP contribution is -2.33. The first-order valence-corrected chi connectivity index (χ1v) is 7.23. The molecule has 19 heavy (non-hydrogen) atoms. The van der Waals surface area contributed by atoms with Crippen molar-refractivity contribution in [1.82, 2.24) is 5.32 Å². The molecule has 2 aromatic carbocycles. The maximum atomic E-state index is 6.21. The Morgan fingerprint density at radius 3 is 2.79 bits per heavy atom. The van der Waals surface area contributed by atoms with Gasteiger partial charge in [-0.25, -0.2) is 0 Å². The number of halogens is 1. The van der Waals surface area contributed by atoms with Gasteiger partial charge in [-0.3, -0.25) is 0 Å². The van der Waals surface area contributed by atoms with Crippen molar-refractivity contribution in [2.24, 2.45) is 5.92 Å². The molecule has 0 spiro atoms. The molecule has 0 aromatic heterocycles. The number of hydrogen-bond acceptors (Lipinski definition) is 2. The summed E-state index contributed by atoms with van der Waals surface area (Å²) >= 11 is 6.21. The van der Waals surface area contributed by atoms with Crippen LogP contribution in [0.5, 0.6) is 5.75 Å². The summed E-state index contributed by atoms with van der Waals surface area (Å²) in [6.45, 7) is 2.98. The molecular weight excluding hydrogens is 258 g/mol. The number of nitrogens with one attached hydrogen (secondary N) is 1. The second-order valence-electron chi connectivity index (χ2n) is 5.11. The number of ether oxygens (including phenoxy) is 1. The quantitative estimate of drug-likeness (QED) is 0.918. The van der Waals surface area contributed by atoms with Crippen molar-refractivity contribution in [3.8, 4) is 5.75 Å². The Morgan fingerprint density at radius 1 is 1.16 bits per heavy atom. The third kappa shape index (κ3) is 2.85. The van der Waals surface area contributed by atoms with Gasteiger partial charge in [-0.15, -0.1) is 0 Å². The summed E-state index contributed by atoms with van der Waals surface area (Å²) in [5.41, 5.74) is 0. The van der Waals surface area contributed by atoms with Crippen molar-refractivity contribution in [1.29, 1.82) is 0 Å². The van der Waals surface area contributed by atoms with Crippen molar-refractivity contribution < 1.29 is 4.74 Å². The summed E-state index contributed by atoms with van der Waals surface area (Å²) in [6, 6.07) is 12.0. The van der Waals surface area contributed by atoms with Crippen LogP contribution in [-0.4, -0.2) is 19.7 Å². The molecule has 0 unspecified atom stereocenters. The third-order valence-corrected chi connectivity index (χ3v) is 4.03. The van der Waals surface area contributed by atoms with E-state index in [9.17, 15) is 0 Å². The van der Waals surface area contributed by atoms with E-state index in [2.05, 4.69) is 11.4 Å². The predicted molar refractivity (Wildman–Crippen MR) is 80.0 cm³/mol. The molecule has 1 aliphatic heterocycles. The molecular formula is C16H18ClNO. The number of hydrogen-bond donors (Lipinski definition) is 1. The van der Waals surface area contributed by atoms with Crippen LogP contribution in [0.15, 0.2) is 36.4 Å². The van der Waals surface area contributed by atoms with Gasteiger partial charge in [0.2, 0.25) is 0 Å². The Kier molecular flexibility index (Phi) is 3.90. The van der Waals surface area contributed by atoms with E-state index in [1.807, 2.05) is 30.3 Å². The Hall–Kier alpha value is -1.25. The third-order valence-electron chi connectivity index (χ3n) is 3.70. The molecule has 1 N–H and O–H groups in total. The Labute approximate surface area is 118 Å². The van der Waals surface area contributed by atoms with Crippen LogP contribution in [0.4, 0.5) is 0 Å². The molecule has 1 fully saturated rings. The maximum Gasteiger partial charge on any atom is 0.127 e. The van der Waals surface area contributed by atoms with Crippen LogP contribution >= 0.6 is 11.6 Å². The van der Waals surface area contributed by atoms with Crippen LogP contribution in [0.25, 0.3) is 10.8 Å². The first kappa shape index (κ1) is 12.8. The van der Waals surface area contributed by atoms with E-state index in [0.29, 0.717) is 5.92 Å². The van der Waals surface area contributed by atoms with Gasteiger partial charge in [0.05, 0.1) is 6.61 Å². The fraction of sp³-hybridized carbons (Fsp3) is 0.375. The lowest BCUT2D eigenvalue weighted by Gasteiger charge is -2.23. The van der Waals surface area contributed by atoms with E-state index in [0.717, 1.165) is 41.2 Å². The normalized spacial score (nSPS) is 19.5. The highest BCUT2D eigenvalue weighted by atomic mass is 35.5. The fourth-order valence-electron chi connectivity index (χ4n) is 2.63. The molecule has 0 radical (unpaired) electrons. The minimum absolute atomic E-state index is 0.614. The minimum Gasteiger partial charge on any atom is -0.493 e. The van der Waals surface area contributed by atoms with Crippen LogP contribution in [0.1, 0.15) is 12.8 Å². The number of piperidine rings is 1. The van der Waals surface area contributed by atoms with Crippen molar-refractivity contribution in [3.63, 3.8) is 0 Å². The van der Waals surface area contributed by atoms with Gasteiger partial charge in [0.15, 0.2) is 0 Å². The molecule has 2 aromatic rings. The van der Waals surface area contributed by atoms with Crippen molar-refractivity contribution in [2.75, 3.05) is 19.7 Å². The largest absolute Gasteiger partial charge is 0.493 e. The van der Waals surface area contributed by atoms with Crippen LogP contribution in [0, 0.1) is 5.92 Å². The summed E-state index contributed by atoms with van der Waals surface area (Å²) in [5, 5.41) is 6.35. The number of rotatable bonds is 3. The Morgan fingerprint density at radius 2 is 2.00 bits per heavy atom. The van der Waals surface area contributed by atoms with E-state index in [1.165, 1.54) is 12.8 Å². The van der Waals surface area contributed by atoms with Crippen LogP contribution < -0.4 is 10.1 Å². The highest BCUT2D eigenvalue weighted by molar-refractivity contribution is 6.35. The summed E-state index contributed by atoms with van der Waals surface area (Å²) in [5.74, 6) is 1.55. The lowest BCUT2D eigenvalue weighted by molar-refractivity contribution is 0.220. The second-order valence-corrected chi connectivity index (χ2v) is 5.52. The zero-order valence-corrected chi connectivity index (χ0v) is 11.6. The van der Waals surface area contributed by atoms with E-state index in [4.69, 9.17) is 16.3 Å². The zero-order valence-electron chi connectivity index (χ0n) is 10.9. The smallest absolute Gasteiger partial charge is 0.127 e. The van der Waals surface area contributed by atoms with E-state index in [-0.39, 0.29) is 0 Å². The van der Waals surface area contributed by atoms with Crippen LogP contribution in [0.2, 0.25) is 5.02 Å². The molecule has 0 aliphatic carbocycles. The summed E-state index contributed by atoms with van der Waals surface area (Å²) in [7, 11) is 0. The number of fused-ring (bicyclic) bond motifs is 1. The monoisotopic (exact) mass is 275 g/mol. The molecule has 1 atom stereocenters. The van der Waals surface area contributed by atoms with E-state index < -0.39 is 0 Å². The van der Waals surface area contributed by atoms with Gasteiger partial charge in [0, 0.05) is 28.3 Å². The zero-order chi connectivity index (χ0) is 13.1. The van der Waals surface area contributed by atoms with Gasteiger partial charge >= 0.3 is 0 Å². The van der Waals surface area contributed by atoms with Gasteiger partial charge in [-0.2, -0.15) is 0 Å². The molecule has 3 rings (SSSR count). The minimum atomic E-state index is 0.614. The van der Waals surface area contributed by atoms with Crippen LogP contribution in [-0.2, 0) is 0 Å². The Balaban J connectivity index is 1.79. The lowest BCUT2D eigenvalue weighted by atomic mass is 10.0. The fourth-order valence-corrected chi connectivity index (χ4v) is 2.86. The van der Waals surface area contributed by atoms with Crippen molar-refractivity contribution >= 4 is 22.4 Å². The molecule has 1 heterocycles. The molecule has 1 aliphatic rings. The first-order chi connectivity index (χ1) is 9.34. The van der Waals surface area contributed by atoms with Gasteiger partial charge in [-0.1, -0.05) is 35.9 Å². The molecule has 0 bridgehead atoms. The SMILES string of the molecule is Clc1ccc(OC[C@@H]2CCCNC2)c2ccccc12. The van der Waals surface area contributed by atoms with Crippen molar-refractivity contribution in [2.45, 2.75) is 12.8 Å².